The molecule has 3 aromatic rings. The molecule has 4 rings (SSSR count). The van der Waals surface area contributed by atoms with E-state index in [-0.39, 0.29) is 29.1 Å². The monoisotopic (exact) mass is 611 g/mol. The molecule has 10 heteroatoms. The first-order chi connectivity index (χ1) is 20.1. The molecule has 3 aromatic carbocycles. The average molecular weight is 612 g/mol. The molecule has 0 spiro atoms. The van der Waals surface area contributed by atoms with Crippen LogP contribution in [0.25, 0.3) is 0 Å². The summed E-state index contributed by atoms with van der Waals surface area (Å²) < 4.78 is 34.7. The van der Waals surface area contributed by atoms with Crippen molar-refractivity contribution in [2.75, 3.05) is 18.0 Å². The SMILES string of the molecule is COc1ccc(C)cc1N(CC(=O)N(Cc1cccc(Cl)c1)[C@@H](C)C(=O)NC1CCCCC1)S(=O)(=O)c1ccccc1. The number of anilines is 1. The van der Waals surface area contributed by atoms with Gasteiger partial charge in [-0.05, 0) is 74.2 Å². The van der Waals surface area contributed by atoms with E-state index in [9.17, 15) is 18.0 Å². The van der Waals surface area contributed by atoms with Crippen LogP contribution in [0.5, 0.6) is 5.75 Å². The molecule has 0 radical (unpaired) electrons. The summed E-state index contributed by atoms with van der Waals surface area (Å²) in [7, 11) is -2.75. The number of halogens is 1. The first-order valence-electron chi connectivity index (χ1n) is 14.2. The van der Waals surface area contributed by atoms with E-state index in [0.717, 1.165) is 47.5 Å². The second kappa shape index (κ2) is 14.1. The van der Waals surface area contributed by atoms with Gasteiger partial charge in [-0.3, -0.25) is 13.9 Å². The van der Waals surface area contributed by atoms with E-state index >= 15 is 0 Å². The molecule has 0 aromatic heterocycles. The zero-order chi connectivity index (χ0) is 30.3. The fourth-order valence-electron chi connectivity index (χ4n) is 5.21. The van der Waals surface area contributed by atoms with Crippen LogP contribution < -0.4 is 14.4 Å². The number of amides is 2. The molecule has 1 fully saturated rings. The Bertz CT molecular complexity index is 1490. The maximum atomic E-state index is 14.2. The molecule has 1 aliphatic rings. The maximum absolute atomic E-state index is 14.2. The summed E-state index contributed by atoms with van der Waals surface area (Å²) in [6.45, 7) is 3.03. The van der Waals surface area contributed by atoms with Crippen molar-refractivity contribution in [3.8, 4) is 5.75 Å². The summed E-state index contributed by atoms with van der Waals surface area (Å²) in [5, 5.41) is 3.60. The van der Waals surface area contributed by atoms with E-state index in [2.05, 4.69) is 5.32 Å². The van der Waals surface area contributed by atoms with Gasteiger partial charge in [0.2, 0.25) is 11.8 Å². The minimum atomic E-state index is -4.20. The number of hydrogen-bond acceptors (Lipinski definition) is 5. The number of hydrogen-bond donors (Lipinski definition) is 1. The van der Waals surface area contributed by atoms with E-state index < -0.39 is 28.5 Å². The Morgan fingerprint density at radius 2 is 1.71 bits per heavy atom. The summed E-state index contributed by atoms with van der Waals surface area (Å²) in [6, 6.07) is 19.4. The molecule has 1 saturated carbocycles. The maximum Gasteiger partial charge on any atom is 0.264 e. The van der Waals surface area contributed by atoms with Crippen LogP contribution in [-0.2, 0) is 26.2 Å². The highest BCUT2D eigenvalue weighted by atomic mass is 35.5. The summed E-state index contributed by atoms with van der Waals surface area (Å²) in [4.78, 5) is 29.1. The van der Waals surface area contributed by atoms with Crippen molar-refractivity contribution in [1.82, 2.24) is 10.2 Å². The lowest BCUT2D eigenvalue weighted by Crippen LogP contribution is -2.53. The number of rotatable bonds is 11. The Morgan fingerprint density at radius 3 is 2.38 bits per heavy atom. The van der Waals surface area contributed by atoms with Crippen molar-refractivity contribution in [1.29, 1.82) is 0 Å². The Morgan fingerprint density at radius 1 is 1.00 bits per heavy atom. The number of sulfonamides is 1. The van der Waals surface area contributed by atoms with Gasteiger partial charge >= 0.3 is 0 Å². The van der Waals surface area contributed by atoms with E-state index in [1.807, 2.05) is 13.0 Å². The molecular formula is C32H38ClN3O5S. The Labute approximate surface area is 253 Å². The molecule has 0 heterocycles. The van der Waals surface area contributed by atoms with Crippen LogP contribution >= 0.6 is 11.6 Å². The second-order valence-electron chi connectivity index (χ2n) is 10.7. The van der Waals surface area contributed by atoms with Crippen molar-refractivity contribution < 1.29 is 22.7 Å². The molecule has 1 atom stereocenters. The minimum absolute atomic E-state index is 0.0332. The first kappa shape index (κ1) is 31.4. The largest absolute Gasteiger partial charge is 0.495 e. The number of nitrogens with zero attached hydrogens (tertiary/aromatic N) is 2. The molecule has 0 bridgehead atoms. The summed E-state index contributed by atoms with van der Waals surface area (Å²) in [5.41, 5.74) is 1.75. The smallest absolute Gasteiger partial charge is 0.264 e. The lowest BCUT2D eigenvalue weighted by Gasteiger charge is -2.33. The summed E-state index contributed by atoms with van der Waals surface area (Å²) in [6.07, 6.45) is 5.05. The number of ether oxygens (including phenoxy) is 1. The zero-order valence-corrected chi connectivity index (χ0v) is 25.8. The van der Waals surface area contributed by atoms with Crippen molar-refractivity contribution in [2.24, 2.45) is 0 Å². The quantitative estimate of drug-likeness (QED) is 0.299. The third-order valence-electron chi connectivity index (χ3n) is 7.57. The van der Waals surface area contributed by atoms with E-state index in [4.69, 9.17) is 16.3 Å². The predicted molar refractivity (Wildman–Crippen MR) is 165 cm³/mol. The fourth-order valence-corrected chi connectivity index (χ4v) is 6.86. The summed E-state index contributed by atoms with van der Waals surface area (Å²) in [5.74, 6) is -0.510. The van der Waals surface area contributed by atoms with Crippen molar-refractivity contribution in [2.45, 2.75) is 69.5 Å². The van der Waals surface area contributed by atoms with Crippen LogP contribution in [0.3, 0.4) is 0 Å². The van der Waals surface area contributed by atoms with Crippen LogP contribution in [0.4, 0.5) is 5.69 Å². The molecule has 8 nitrogen and oxygen atoms in total. The van der Waals surface area contributed by atoms with Crippen LogP contribution in [0, 0.1) is 6.92 Å². The van der Waals surface area contributed by atoms with E-state index in [1.54, 1.807) is 61.5 Å². The van der Waals surface area contributed by atoms with Crippen LogP contribution in [0.2, 0.25) is 5.02 Å². The van der Waals surface area contributed by atoms with Crippen LogP contribution in [0.1, 0.15) is 50.2 Å². The first-order valence-corrected chi connectivity index (χ1v) is 16.0. The van der Waals surface area contributed by atoms with Crippen molar-refractivity contribution in [3.63, 3.8) is 0 Å². The number of aryl methyl sites for hydroxylation is 1. The van der Waals surface area contributed by atoms with Crippen LogP contribution in [0.15, 0.2) is 77.7 Å². The van der Waals surface area contributed by atoms with Gasteiger partial charge in [0.05, 0.1) is 17.7 Å². The van der Waals surface area contributed by atoms with Crippen molar-refractivity contribution >= 4 is 39.1 Å². The van der Waals surface area contributed by atoms with Gasteiger partial charge in [-0.2, -0.15) is 0 Å². The number of benzene rings is 3. The third kappa shape index (κ3) is 7.63. The minimum Gasteiger partial charge on any atom is -0.495 e. The molecule has 0 saturated heterocycles. The van der Waals surface area contributed by atoms with Gasteiger partial charge in [-0.15, -0.1) is 0 Å². The lowest BCUT2D eigenvalue weighted by molar-refractivity contribution is -0.139. The highest BCUT2D eigenvalue weighted by Gasteiger charge is 2.34. The topological polar surface area (TPSA) is 96.0 Å². The Hall–Kier alpha value is -3.56. The van der Waals surface area contributed by atoms with Gasteiger partial charge in [-0.25, -0.2) is 8.42 Å². The third-order valence-corrected chi connectivity index (χ3v) is 9.58. The number of methoxy groups -OCH3 is 1. The molecule has 42 heavy (non-hydrogen) atoms. The van der Waals surface area contributed by atoms with Gasteiger partial charge in [0.1, 0.15) is 18.3 Å². The lowest BCUT2D eigenvalue weighted by atomic mass is 9.95. The number of carbonyl (C=O) groups excluding carboxylic acids is 2. The van der Waals surface area contributed by atoms with Gasteiger partial charge in [0.25, 0.3) is 10.0 Å². The fraction of sp³-hybridized carbons (Fsp3) is 0.375. The standard InChI is InChI=1S/C32H38ClN3O5S/c1-23-17-18-30(41-3)29(19-23)36(42(39,40)28-15-8-5-9-16-28)22-31(37)35(21-25-11-10-12-26(33)20-25)24(2)32(38)34-27-13-6-4-7-14-27/h5,8-12,15-20,24,27H,4,6-7,13-14,21-22H2,1-3H3,(H,34,38)/t24-/m0/s1. The van der Waals surface area contributed by atoms with Gasteiger partial charge in [0.15, 0.2) is 0 Å². The normalized spacial score (nSPS) is 14.6. The molecule has 0 unspecified atom stereocenters. The highest BCUT2D eigenvalue weighted by Crippen LogP contribution is 2.34. The molecule has 224 valence electrons. The molecule has 2 amide bonds. The van der Waals surface area contributed by atoms with Gasteiger partial charge < -0.3 is 15.0 Å². The van der Waals surface area contributed by atoms with Crippen LogP contribution in [-0.4, -0.2) is 50.9 Å². The molecule has 1 aliphatic carbocycles. The Balaban J connectivity index is 1.72. The average Bonchev–Trinajstić information content (AvgIpc) is 2.99. The van der Waals surface area contributed by atoms with Gasteiger partial charge in [-0.1, -0.05) is 67.3 Å². The van der Waals surface area contributed by atoms with E-state index in [0.29, 0.717) is 10.8 Å². The number of nitrogens with one attached hydrogen (secondary N) is 1. The van der Waals surface area contributed by atoms with E-state index in [1.165, 1.54) is 24.1 Å². The highest BCUT2D eigenvalue weighted by molar-refractivity contribution is 7.92. The summed E-state index contributed by atoms with van der Waals surface area (Å²) >= 11 is 6.23. The zero-order valence-electron chi connectivity index (χ0n) is 24.3. The van der Waals surface area contributed by atoms with Gasteiger partial charge in [0, 0.05) is 17.6 Å². The Kier molecular flexibility index (Phi) is 10.5. The van der Waals surface area contributed by atoms with Crippen molar-refractivity contribution in [3.05, 3.63) is 88.9 Å². The molecule has 1 N–H and O–H groups in total. The molecule has 0 aliphatic heterocycles. The molecular weight excluding hydrogens is 574 g/mol. The second-order valence-corrected chi connectivity index (χ2v) is 13.0. The number of carbonyl (C=O) groups is 2. The predicted octanol–water partition coefficient (Wildman–Crippen LogP) is 5.72.